The molecule has 0 amide bonds. The predicted octanol–water partition coefficient (Wildman–Crippen LogP) is 2.18. The topological polar surface area (TPSA) is 18.5 Å². The number of hydrogen-bond donors (Lipinski definition) is 0. The van der Waals surface area contributed by atoms with Crippen LogP contribution in [0.25, 0.3) is 0 Å². The molecule has 2 nitrogen and oxygen atoms in total. The van der Waals surface area contributed by atoms with Crippen LogP contribution in [0, 0.1) is 6.79 Å². The van der Waals surface area contributed by atoms with Crippen molar-refractivity contribution < 1.29 is 35.8 Å². The molecule has 0 atom stereocenters. The smallest absolute Gasteiger partial charge is 0.256 e. The molecule has 0 aliphatic carbocycles. The van der Waals surface area contributed by atoms with Gasteiger partial charge in [-0.3, -0.25) is 9.47 Å². The number of ether oxygens (including phenoxy) is 2. The molecule has 0 spiro atoms. The zero-order valence-corrected chi connectivity index (χ0v) is 4.66. The van der Waals surface area contributed by atoms with Gasteiger partial charge in [0.15, 0.2) is 0 Å². The number of halogens is 6. The largest absolute Gasteiger partial charge is 0.524 e. The molecule has 0 N–H and O–H groups in total. The van der Waals surface area contributed by atoms with Crippen LogP contribution < -0.4 is 0 Å². The molecule has 0 fully saturated rings. The van der Waals surface area contributed by atoms with E-state index in [0.29, 0.717) is 0 Å². The molecular formula is C3HF6O2. The average molecular weight is 183 g/mol. The van der Waals surface area contributed by atoms with Gasteiger partial charge < -0.3 is 0 Å². The maximum Gasteiger partial charge on any atom is 0.524 e. The Hall–Kier alpha value is -0.500. The molecule has 8 heteroatoms. The van der Waals surface area contributed by atoms with Crippen LogP contribution in [0.2, 0.25) is 0 Å². The maximum absolute atomic E-state index is 10.9. The maximum atomic E-state index is 10.9. The van der Waals surface area contributed by atoms with Crippen molar-refractivity contribution in [1.82, 2.24) is 0 Å². The first-order valence-corrected chi connectivity index (χ1v) is 2.01. The second kappa shape index (κ2) is 3.26. The van der Waals surface area contributed by atoms with Crippen molar-refractivity contribution >= 4 is 0 Å². The van der Waals surface area contributed by atoms with Gasteiger partial charge in [0.05, 0.1) is 0 Å². The third kappa shape index (κ3) is 9.50. The van der Waals surface area contributed by atoms with Gasteiger partial charge in [0.1, 0.15) is 0 Å². The Bertz CT molecular complexity index is 100.0. The number of alkyl halides is 6. The first kappa shape index (κ1) is 10.5. The molecule has 1 radical (unpaired) electrons. The van der Waals surface area contributed by atoms with Crippen LogP contribution in [0.5, 0.6) is 0 Å². The van der Waals surface area contributed by atoms with Crippen molar-refractivity contribution in [3.05, 3.63) is 6.79 Å². The van der Waals surface area contributed by atoms with E-state index in [2.05, 4.69) is 9.47 Å². The zero-order valence-electron chi connectivity index (χ0n) is 4.66. The van der Waals surface area contributed by atoms with E-state index in [1.54, 1.807) is 0 Å². The highest BCUT2D eigenvalue weighted by Crippen LogP contribution is 2.22. The fraction of sp³-hybridized carbons (Fsp3) is 0.667. The van der Waals surface area contributed by atoms with Crippen LogP contribution in [0.15, 0.2) is 0 Å². The van der Waals surface area contributed by atoms with Crippen molar-refractivity contribution in [3.8, 4) is 0 Å². The van der Waals surface area contributed by atoms with Crippen molar-refractivity contribution in [1.29, 1.82) is 0 Å². The Labute approximate surface area is 56.7 Å². The van der Waals surface area contributed by atoms with Crippen LogP contribution >= 0.6 is 0 Å². The minimum atomic E-state index is -5.16. The molecular weight excluding hydrogens is 182 g/mol. The molecule has 67 valence electrons. The second-order valence-electron chi connectivity index (χ2n) is 1.22. The molecule has 0 aromatic carbocycles. The van der Waals surface area contributed by atoms with Gasteiger partial charge in [-0.15, -0.1) is 26.3 Å². The molecule has 0 bridgehead atoms. The number of rotatable bonds is 2. The minimum absolute atomic E-state index is 0.833. The first-order chi connectivity index (χ1) is 4.71. The van der Waals surface area contributed by atoms with E-state index in [9.17, 15) is 26.3 Å². The van der Waals surface area contributed by atoms with Gasteiger partial charge in [-0.2, -0.15) is 0 Å². The van der Waals surface area contributed by atoms with Crippen LogP contribution in [0.4, 0.5) is 26.3 Å². The lowest BCUT2D eigenvalue weighted by molar-refractivity contribution is -0.377. The molecule has 0 aromatic heterocycles. The van der Waals surface area contributed by atoms with Gasteiger partial charge >= 0.3 is 12.7 Å². The summed E-state index contributed by atoms with van der Waals surface area (Å²) in [5.74, 6) is 0. The lowest BCUT2D eigenvalue weighted by atomic mass is 11.2. The molecule has 0 saturated carbocycles. The predicted molar refractivity (Wildman–Crippen MR) is 18.6 cm³/mol. The molecule has 0 aromatic rings. The van der Waals surface area contributed by atoms with Gasteiger partial charge in [-0.05, 0) is 0 Å². The Morgan fingerprint density at radius 2 is 1.00 bits per heavy atom. The molecule has 0 heterocycles. The highest BCUT2D eigenvalue weighted by Gasteiger charge is 2.35. The van der Waals surface area contributed by atoms with Crippen molar-refractivity contribution in [2.24, 2.45) is 0 Å². The van der Waals surface area contributed by atoms with E-state index in [-0.39, 0.29) is 0 Å². The summed E-state index contributed by atoms with van der Waals surface area (Å²) in [4.78, 5) is 0. The molecule has 0 aliphatic rings. The fourth-order valence-corrected chi connectivity index (χ4v) is 0.133. The van der Waals surface area contributed by atoms with E-state index < -0.39 is 19.5 Å². The molecule has 0 saturated heterocycles. The lowest BCUT2D eigenvalue weighted by Crippen LogP contribution is -2.18. The summed E-state index contributed by atoms with van der Waals surface area (Å²) in [6, 6.07) is 0. The van der Waals surface area contributed by atoms with E-state index in [1.165, 1.54) is 0 Å². The number of hydrogen-bond acceptors (Lipinski definition) is 2. The molecule has 0 aliphatic heterocycles. The summed E-state index contributed by atoms with van der Waals surface area (Å²) < 4.78 is 70.7. The molecule has 11 heavy (non-hydrogen) atoms. The van der Waals surface area contributed by atoms with Crippen molar-refractivity contribution in [2.45, 2.75) is 12.7 Å². The average Bonchev–Trinajstić information content (AvgIpc) is 1.55. The molecule has 0 rings (SSSR count). The standard InChI is InChI=1S/C3HF6O2/c4-2(5,6)10-1-11-3(7,8)9/h1H. The van der Waals surface area contributed by atoms with Gasteiger partial charge in [-0.25, -0.2) is 0 Å². The Morgan fingerprint density at radius 1 is 0.727 bits per heavy atom. The van der Waals surface area contributed by atoms with Crippen molar-refractivity contribution in [3.63, 3.8) is 0 Å². The quantitative estimate of drug-likeness (QED) is 0.610. The Balaban J connectivity index is 3.44. The highest BCUT2D eigenvalue weighted by molar-refractivity contribution is 4.35. The zero-order chi connectivity index (χ0) is 9.12. The Kier molecular flexibility index (Phi) is 3.12. The minimum Gasteiger partial charge on any atom is -0.256 e. The van der Waals surface area contributed by atoms with Crippen LogP contribution in [0.1, 0.15) is 0 Å². The van der Waals surface area contributed by atoms with E-state index in [1.807, 2.05) is 0 Å². The summed E-state index contributed by atoms with van der Waals surface area (Å²) in [6.07, 6.45) is -10.3. The highest BCUT2D eigenvalue weighted by atomic mass is 19.4. The summed E-state index contributed by atoms with van der Waals surface area (Å²) in [6.45, 7) is -0.833. The summed E-state index contributed by atoms with van der Waals surface area (Å²) >= 11 is 0. The Morgan fingerprint density at radius 3 is 1.18 bits per heavy atom. The summed E-state index contributed by atoms with van der Waals surface area (Å²) in [5, 5.41) is 0. The van der Waals surface area contributed by atoms with E-state index in [0.717, 1.165) is 0 Å². The van der Waals surface area contributed by atoms with Crippen LogP contribution in [-0.4, -0.2) is 12.7 Å². The summed E-state index contributed by atoms with van der Waals surface area (Å²) in [7, 11) is 0. The van der Waals surface area contributed by atoms with Crippen LogP contribution in [0.3, 0.4) is 0 Å². The van der Waals surface area contributed by atoms with Crippen LogP contribution in [-0.2, 0) is 9.47 Å². The lowest BCUT2D eigenvalue weighted by Gasteiger charge is -2.08. The van der Waals surface area contributed by atoms with Gasteiger partial charge in [0, 0.05) is 0 Å². The third-order valence-electron chi connectivity index (χ3n) is 0.363. The second-order valence-corrected chi connectivity index (χ2v) is 1.22. The van der Waals surface area contributed by atoms with Gasteiger partial charge in [0.2, 0.25) is 6.79 Å². The normalized spacial score (nSPS) is 13.6. The first-order valence-electron chi connectivity index (χ1n) is 2.01. The van der Waals surface area contributed by atoms with E-state index in [4.69, 9.17) is 0 Å². The SMILES string of the molecule is FC(F)(F)O[CH]OC(F)(F)F. The monoisotopic (exact) mass is 183 g/mol. The fourth-order valence-electron chi connectivity index (χ4n) is 0.133. The van der Waals surface area contributed by atoms with Crippen molar-refractivity contribution in [2.75, 3.05) is 0 Å². The molecule has 0 unspecified atom stereocenters. The summed E-state index contributed by atoms with van der Waals surface area (Å²) in [5.41, 5.74) is 0. The third-order valence-corrected chi connectivity index (χ3v) is 0.363. The van der Waals surface area contributed by atoms with Gasteiger partial charge in [-0.1, -0.05) is 0 Å². The van der Waals surface area contributed by atoms with Gasteiger partial charge in [0.25, 0.3) is 0 Å². The van der Waals surface area contributed by atoms with E-state index >= 15 is 0 Å².